The van der Waals surface area contributed by atoms with Crippen LogP contribution in [0, 0.1) is 11.8 Å². The number of likely N-dealkylation sites (tertiary alicyclic amines) is 1. The number of hydrogen-bond acceptors (Lipinski definition) is 2. The van der Waals surface area contributed by atoms with E-state index in [1.165, 1.54) is 11.1 Å². The first-order chi connectivity index (χ1) is 10.7. The molecule has 2 aromatic rings. The van der Waals surface area contributed by atoms with E-state index in [4.69, 9.17) is 0 Å². The van der Waals surface area contributed by atoms with E-state index in [2.05, 4.69) is 29.2 Å². The third-order valence-electron chi connectivity index (χ3n) is 4.42. The van der Waals surface area contributed by atoms with Gasteiger partial charge in [0.2, 0.25) is 0 Å². The highest BCUT2D eigenvalue weighted by Gasteiger charge is 2.37. The van der Waals surface area contributed by atoms with Crippen molar-refractivity contribution in [2.24, 2.45) is 11.8 Å². The molecule has 1 unspecified atom stereocenters. The van der Waals surface area contributed by atoms with E-state index in [1.807, 2.05) is 36.4 Å². The molecule has 0 bridgehead atoms. The van der Waals surface area contributed by atoms with E-state index in [1.54, 1.807) is 0 Å². The Bertz CT molecular complexity index is 612. The number of carboxylic acid groups (broad SMARTS) is 1. The van der Waals surface area contributed by atoms with Crippen LogP contribution in [0.2, 0.25) is 0 Å². The summed E-state index contributed by atoms with van der Waals surface area (Å²) in [6.45, 7) is 2.32. The van der Waals surface area contributed by atoms with Crippen molar-refractivity contribution in [3.8, 4) is 0 Å². The number of rotatable bonds is 5. The molecule has 1 heterocycles. The van der Waals surface area contributed by atoms with Crippen LogP contribution in [-0.2, 0) is 17.8 Å². The van der Waals surface area contributed by atoms with Crippen molar-refractivity contribution in [3.63, 3.8) is 0 Å². The zero-order chi connectivity index (χ0) is 15.4. The van der Waals surface area contributed by atoms with Gasteiger partial charge < -0.3 is 5.11 Å². The minimum atomic E-state index is -0.670. The van der Waals surface area contributed by atoms with Crippen LogP contribution in [0.5, 0.6) is 0 Å². The molecule has 1 fully saturated rings. The lowest BCUT2D eigenvalue weighted by Gasteiger charge is -2.16. The molecule has 3 heteroatoms. The standard InChI is InChI=1S/C19H21NO2/c21-19(22)18-14-20(12-16-9-5-2-6-10-16)13-17(18)11-15-7-3-1-4-8-15/h1-10,17-18H,11-14H2,(H,21,22)/t17-,18?/m1/s1. The normalized spacial score (nSPS) is 21.8. The van der Waals surface area contributed by atoms with Crippen molar-refractivity contribution >= 4 is 5.97 Å². The molecule has 1 aliphatic heterocycles. The monoisotopic (exact) mass is 295 g/mol. The predicted octanol–water partition coefficient (Wildman–Crippen LogP) is 3.06. The van der Waals surface area contributed by atoms with Crippen LogP contribution >= 0.6 is 0 Å². The molecule has 0 radical (unpaired) electrons. The van der Waals surface area contributed by atoms with E-state index in [9.17, 15) is 9.90 Å². The summed E-state index contributed by atoms with van der Waals surface area (Å²) in [4.78, 5) is 13.8. The Labute approximate surface area is 131 Å². The Morgan fingerprint density at radius 3 is 2.14 bits per heavy atom. The molecule has 1 saturated heterocycles. The summed E-state index contributed by atoms with van der Waals surface area (Å²) in [5.74, 6) is -0.760. The van der Waals surface area contributed by atoms with Crippen molar-refractivity contribution in [1.82, 2.24) is 4.90 Å². The molecule has 3 nitrogen and oxygen atoms in total. The van der Waals surface area contributed by atoms with E-state index in [0.717, 1.165) is 19.5 Å². The van der Waals surface area contributed by atoms with Gasteiger partial charge in [-0.25, -0.2) is 0 Å². The van der Waals surface area contributed by atoms with Crippen molar-refractivity contribution in [2.45, 2.75) is 13.0 Å². The number of nitrogens with zero attached hydrogens (tertiary/aromatic N) is 1. The third kappa shape index (κ3) is 3.55. The molecule has 0 spiro atoms. The molecular weight excluding hydrogens is 274 g/mol. The summed E-state index contributed by atoms with van der Waals surface area (Å²) in [5, 5.41) is 9.52. The summed E-state index contributed by atoms with van der Waals surface area (Å²) >= 11 is 0. The van der Waals surface area contributed by atoms with Crippen molar-refractivity contribution in [2.75, 3.05) is 13.1 Å². The van der Waals surface area contributed by atoms with Crippen LogP contribution in [0.25, 0.3) is 0 Å². The van der Waals surface area contributed by atoms with Gasteiger partial charge in [-0.05, 0) is 23.5 Å². The Hall–Kier alpha value is -2.13. The first-order valence-corrected chi connectivity index (χ1v) is 7.75. The molecule has 2 aromatic carbocycles. The maximum atomic E-state index is 11.6. The maximum absolute atomic E-state index is 11.6. The molecule has 22 heavy (non-hydrogen) atoms. The fourth-order valence-corrected chi connectivity index (χ4v) is 3.33. The Kier molecular flexibility index (Phi) is 4.54. The van der Waals surface area contributed by atoms with Crippen LogP contribution in [0.1, 0.15) is 11.1 Å². The Balaban J connectivity index is 1.68. The van der Waals surface area contributed by atoms with E-state index >= 15 is 0 Å². The number of aliphatic carboxylic acids is 1. The predicted molar refractivity (Wildman–Crippen MR) is 86.5 cm³/mol. The van der Waals surface area contributed by atoms with Gasteiger partial charge in [0.05, 0.1) is 5.92 Å². The van der Waals surface area contributed by atoms with Gasteiger partial charge in [0.1, 0.15) is 0 Å². The van der Waals surface area contributed by atoms with Crippen molar-refractivity contribution in [1.29, 1.82) is 0 Å². The minimum Gasteiger partial charge on any atom is -0.481 e. The fourth-order valence-electron chi connectivity index (χ4n) is 3.33. The molecule has 2 atom stereocenters. The second-order valence-electron chi connectivity index (χ2n) is 6.07. The van der Waals surface area contributed by atoms with E-state index in [0.29, 0.717) is 6.54 Å². The van der Waals surface area contributed by atoms with Gasteiger partial charge in [0.15, 0.2) is 0 Å². The van der Waals surface area contributed by atoms with Crippen LogP contribution in [0.3, 0.4) is 0 Å². The van der Waals surface area contributed by atoms with Gasteiger partial charge in [-0.3, -0.25) is 9.69 Å². The lowest BCUT2D eigenvalue weighted by Crippen LogP contribution is -2.24. The third-order valence-corrected chi connectivity index (χ3v) is 4.42. The SMILES string of the molecule is O=C(O)C1CN(Cc2ccccc2)C[C@H]1Cc1ccccc1. The number of benzene rings is 2. The fraction of sp³-hybridized carbons (Fsp3) is 0.316. The topological polar surface area (TPSA) is 40.5 Å². The first-order valence-electron chi connectivity index (χ1n) is 7.75. The summed E-state index contributed by atoms with van der Waals surface area (Å²) < 4.78 is 0. The van der Waals surface area contributed by atoms with Crippen LogP contribution in [-0.4, -0.2) is 29.1 Å². The first kappa shape index (κ1) is 14.8. The second kappa shape index (κ2) is 6.75. The highest BCUT2D eigenvalue weighted by atomic mass is 16.4. The lowest BCUT2D eigenvalue weighted by atomic mass is 9.90. The van der Waals surface area contributed by atoms with Gasteiger partial charge in [-0.15, -0.1) is 0 Å². The Morgan fingerprint density at radius 2 is 1.55 bits per heavy atom. The van der Waals surface area contributed by atoms with E-state index in [-0.39, 0.29) is 11.8 Å². The molecule has 0 amide bonds. The average Bonchev–Trinajstić information content (AvgIpc) is 2.92. The zero-order valence-corrected chi connectivity index (χ0v) is 12.6. The van der Waals surface area contributed by atoms with Crippen LogP contribution in [0.4, 0.5) is 0 Å². The lowest BCUT2D eigenvalue weighted by molar-refractivity contribution is -0.142. The van der Waals surface area contributed by atoms with E-state index < -0.39 is 5.97 Å². The highest BCUT2D eigenvalue weighted by Crippen LogP contribution is 2.28. The van der Waals surface area contributed by atoms with Gasteiger partial charge in [0.25, 0.3) is 0 Å². The van der Waals surface area contributed by atoms with Crippen LogP contribution in [0.15, 0.2) is 60.7 Å². The molecule has 114 valence electrons. The largest absolute Gasteiger partial charge is 0.481 e. The minimum absolute atomic E-state index is 0.184. The molecule has 3 rings (SSSR count). The Morgan fingerprint density at radius 1 is 0.955 bits per heavy atom. The number of carbonyl (C=O) groups is 1. The molecule has 0 aliphatic carbocycles. The van der Waals surface area contributed by atoms with Crippen LogP contribution < -0.4 is 0 Å². The summed E-state index contributed by atoms with van der Waals surface area (Å²) in [6.07, 6.45) is 0.836. The summed E-state index contributed by atoms with van der Waals surface area (Å²) in [5.41, 5.74) is 2.47. The zero-order valence-electron chi connectivity index (χ0n) is 12.6. The van der Waals surface area contributed by atoms with Gasteiger partial charge in [-0.2, -0.15) is 0 Å². The van der Waals surface area contributed by atoms with Gasteiger partial charge in [-0.1, -0.05) is 60.7 Å². The molecule has 1 N–H and O–H groups in total. The molecule has 0 aromatic heterocycles. The van der Waals surface area contributed by atoms with Gasteiger partial charge >= 0.3 is 5.97 Å². The molecule has 1 aliphatic rings. The average molecular weight is 295 g/mol. The molecule has 0 saturated carbocycles. The summed E-state index contributed by atoms with van der Waals surface area (Å²) in [6, 6.07) is 20.4. The maximum Gasteiger partial charge on any atom is 0.308 e. The highest BCUT2D eigenvalue weighted by molar-refractivity contribution is 5.71. The van der Waals surface area contributed by atoms with Gasteiger partial charge in [0, 0.05) is 19.6 Å². The number of hydrogen-bond donors (Lipinski definition) is 1. The second-order valence-corrected chi connectivity index (χ2v) is 6.07. The smallest absolute Gasteiger partial charge is 0.308 e. The molecular formula is C19H21NO2. The van der Waals surface area contributed by atoms with Crippen molar-refractivity contribution in [3.05, 3.63) is 71.8 Å². The quantitative estimate of drug-likeness (QED) is 0.921. The number of carboxylic acids is 1. The summed E-state index contributed by atoms with van der Waals surface area (Å²) in [7, 11) is 0. The van der Waals surface area contributed by atoms with Crippen molar-refractivity contribution < 1.29 is 9.90 Å².